The predicted molar refractivity (Wildman–Crippen MR) is 131 cm³/mol. The third kappa shape index (κ3) is 5.09. The number of rotatable bonds is 6. The van der Waals surface area contributed by atoms with Crippen molar-refractivity contribution in [2.45, 2.75) is 6.92 Å². The van der Waals surface area contributed by atoms with Gasteiger partial charge in [-0.1, -0.05) is 23.7 Å². The van der Waals surface area contributed by atoms with E-state index in [1.807, 2.05) is 4.90 Å². The summed E-state index contributed by atoms with van der Waals surface area (Å²) in [6.07, 6.45) is 0. The van der Waals surface area contributed by atoms with E-state index in [2.05, 4.69) is 5.32 Å². The van der Waals surface area contributed by atoms with Gasteiger partial charge in [-0.25, -0.2) is 0 Å². The summed E-state index contributed by atoms with van der Waals surface area (Å²) in [5.41, 5.74) is 1.04. The minimum atomic E-state index is -0.482. The van der Waals surface area contributed by atoms with E-state index in [4.69, 9.17) is 11.6 Å². The highest BCUT2D eigenvalue weighted by atomic mass is 35.5. The SMILES string of the molecule is CC(=O)c1cccc(NC(=O)CN2CCN(C(=O)c3sc4cc([N+](=O)[O-])ccc4c3Cl)CC2)c1. The number of nitro benzene ring substituents is 1. The topological polar surface area (TPSA) is 113 Å². The van der Waals surface area contributed by atoms with Gasteiger partial charge in [0.05, 0.1) is 16.5 Å². The molecule has 11 heteroatoms. The first-order valence-electron chi connectivity index (χ1n) is 10.5. The molecule has 2 aromatic carbocycles. The van der Waals surface area contributed by atoms with E-state index >= 15 is 0 Å². The number of benzene rings is 2. The van der Waals surface area contributed by atoms with Gasteiger partial charge in [0.2, 0.25) is 5.91 Å². The fraction of sp³-hybridized carbons (Fsp3) is 0.261. The van der Waals surface area contributed by atoms with E-state index in [0.717, 1.165) is 11.3 Å². The van der Waals surface area contributed by atoms with Crippen LogP contribution >= 0.6 is 22.9 Å². The average molecular weight is 501 g/mol. The van der Waals surface area contributed by atoms with Crippen LogP contribution in [0.5, 0.6) is 0 Å². The zero-order valence-corrected chi connectivity index (χ0v) is 19.8. The molecular weight excluding hydrogens is 480 g/mol. The summed E-state index contributed by atoms with van der Waals surface area (Å²) in [4.78, 5) is 51.5. The Balaban J connectivity index is 1.35. The summed E-state index contributed by atoms with van der Waals surface area (Å²) in [7, 11) is 0. The van der Waals surface area contributed by atoms with Gasteiger partial charge < -0.3 is 10.2 Å². The molecule has 0 aliphatic carbocycles. The van der Waals surface area contributed by atoms with E-state index in [9.17, 15) is 24.5 Å². The van der Waals surface area contributed by atoms with Crippen LogP contribution in [-0.2, 0) is 4.79 Å². The van der Waals surface area contributed by atoms with Crippen LogP contribution in [0.4, 0.5) is 11.4 Å². The Morgan fingerprint density at radius 2 is 1.85 bits per heavy atom. The van der Waals surface area contributed by atoms with E-state index in [1.165, 1.54) is 19.1 Å². The molecule has 1 aliphatic rings. The van der Waals surface area contributed by atoms with E-state index in [-0.39, 0.29) is 29.8 Å². The smallest absolute Gasteiger partial charge is 0.270 e. The molecule has 2 amide bonds. The number of ketones is 1. The molecule has 1 saturated heterocycles. The number of nitro groups is 1. The Morgan fingerprint density at radius 3 is 2.53 bits per heavy atom. The Kier molecular flexibility index (Phi) is 6.92. The first-order chi connectivity index (χ1) is 16.2. The van der Waals surface area contributed by atoms with Crippen molar-refractivity contribution in [2.75, 3.05) is 38.0 Å². The molecule has 0 bridgehead atoms. The van der Waals surface area contributed by atoms with Gasteiger partial charge in [-0.3, -0.25) is 29.4 Å². The molecule has 0 unspecified atom stereocenters. The monoisotopic (exact) mass is 500 g/mol. The summed E-state index contributed by atoms with van der Waals surface area (Å²) in [5.74, 6) is -0.498. The molecule has 2 heterocycles. The number of hydrogen-bond acceptors (Lipinski definition) is 7. The Hall–Kier alpha value is -3.34. The van der Waals surface area contributed by atoms with Crippen LogP contribution in [0.15, 0.2) is 42.5 Å². The second-order valence-corrected chi connectivity index (χ2v) is 9.37. The molecule has 34 heavy (non-hydrogen) atoms. The van der Waals surface area contributed by atoms with Crippen LogP contribution in [0.2, 0.25) is 5.02 Å². The highest BCUT2D eigenvalue weighted by Gasteiger charge is 2.27. The maximum atomic E-state index is 13.1. The summed E-state index contributed by atoms with van der Waals surface area (Å²) in [5, 5.41) is 14.7. The number of non-ortho nitro benzene ring substituents is 1. The van der Waals surface area contributed by atoms with Gasteiger partial charge in [-0.2, -0.15) is 0 Å². The van der Waals surface area contributed by atoms with Gasteiger partial charge in [-0.05, 0) is 25.1 Å². The minimum absolute atomic E-state index is 0.0515. The van der Waals surface area contributed by atoms with Crippen LogP contribution in [-0.4, -0.2) is 65.0 Å². The summed E-state index contributed by atoms with van der Waals surface area (Å²) < 4.78 is 0.590. The van der Waals surface area contributed by atoms with Crippen LogP contribution in [0.25, 0.3) is 10.1 Å². The largest absolute Gasteiger partial charge is 0.335 e. The van der Waals surface area contributed by atoms with E-state index in [0.29, 0.717) is 57.4 Å². The van der Waals surface area contributed by atoms with Gasteiger partial charge in [-0.15, -0.1) is 11.3 Å². The second-order valence-electron chi connectivity index (χ2n) is 7.94. The number of hydrogen-bond donors (Lipinski definition) is 1. The zero-order valence-electron chi connectivity index (χ0n) is 18.2. The Morgan fingerprint density at radius 1 is 1.12 bits per heavy atom. The summed E-state index contributed by atoms with van der Waals surface area (Å²) in [6.45, 7) is 3.52. The lowest BCUT2D eigenvalue weighted by molar-refractivity contribution is -0.384. The quantitative estimate of drug-likeness (QED) is 0.310. The third-order valence-corrected chi connectivity index (χ3v) is 7.24. The van der Waals surface area contributed by atoms with Crippen molar-refractivity contribution in [3.8, 4) is 0 Å². The van der Waals surface area contributed by atoms with Gasteiger partial charge in [0.25, 0.3) is 11.6 Å². The Bertz CT molecular complexity index is 1300. The van der Waals surface area contributed by atoms with Crippen LogP contribution < -0.4 is 5.32 Å². The molecule has 0 spiro atoms. The van der Waals surface area contributed by atoms with Gasteiger partial charge in [0.15, 0.2) is 5.78 Å². The molecule has 3 aromatic rings. The van der Waals surface area contributed by atoms with Crippen molar-refractivity contribution in [1.82, 2.24) is 9.80 Å². The van der Waals surface area contributed by atoms with Crippen molar-refractivity contribution in [2.24, 2.45) is 0 Å². The van der Waals surface area contributed by atoms with Crippen molar-refractivity contribution in [3.05, 3.63) is 68.0 Å². The number of piperazine rings is 1. The highest BCUT2D eigenvalue weighted by Crippen LogP contribution is 2.38. The van der Waals surface area contributed by atoms with Gasteiger partial charge in [0, 0.05) is 59.6 Å². The Labute approximate surface area is 204 Å². The summed E-state index contributed by atoms with van der Waals surface area (Å²) >= 11 is 7.56. The molecule has 9 nitrogen and oxygen atoms in total. The second kappa shape index (κ2) is 9.88. The van der Waals surface area contributed by atoms with Gasteiger partial charge in [0.1, 0.15) is 4.88 Å². The molecule has 0 atom stereocenters. The van der Waals surface area contributed by atoms with E-state index < -0.39 is 4.92 Å². The average Bonchev–Trinajstić information content (AvgIpc) is 3.15. The molecule has 0 radical (unpaired) electrons. The number of anilines is 1. The van der Waals surface area contributed by atoms with Gasteiger partial charge >= 0.3 is 0 Å². The first kappa shape index (κ1) is 23.8. The molecule has 176 valence electrons. The van der Waals surface area contributed by atoms with Crippen LogP contribution in [0.3, 0.4) is 0 Å². The predicted octanol–water partition coefficient (Wildman–Crippen LogP) is 4.06. The van der Waals surface area contributed by atoms with Crippen molar-refractivity contribution < 1.29 is 19.3 Å². The standard InChI is InChI=1S/C23H21ClN4O5S/c1-14(29)15-3-2-4-16(11-15)25-20(30)13-26-7-9-27(10-8-26)23(31)22-21(24)18-6-5-17(28(32)33)12-19(18)34-22/h2-6,11-12H,7-10,13H2,1H3,(H,25,30). The number of Topliss-reactive ketones (excluding diaryl/α,β-unsaturated/α-hetero) is 1. The lowest BCUT2D eigenvalue weighted by Crippen LogP contribution is -2.50. The number of thiophene rings is 1. The van der Waals surface area contributed by atoms with Crippen LogP contribution in [0, 0.1) is 10.1 Å². The van der Waals surface area contributed by atoms with Crippen molar-refractivity contribution in [1.29, 1.82) is 0 Å². The number of carbonyl (C=O) groups excluding carboxylic acids is 3. The zero-order chi connectivity index (χ0) is 24.4. The molecule has 0 saturated carbocycles. The lowest BCUT2D eigenvalue weighted by Gasteiger charge is -2.34. The number of carbonyl (C=O) groups is 3. The molecule has 1 fully saturated rings. The van der Waals surface area contributed by atoms with Crippen molar-refractivity contribution in [3.63, 3.8) is 0 Å². The fourth-order valence-corrected chi connectivity index (χ4v) is 5.29. The molecule has 1 aromatic heterocycles. The molecule has 1 N–H and O–H groups in total. The van der Waals surface area contributed by atoms with Crippen LogP contribution in [0.1, 0.15) is 27.0 Å². The number of amides is 2. The maximum absolute atomic E-state index is 13.1. The van der Waals surface area contributed by atoms with E-state index in [1.54, 1.807) is 35.2 Å². The summed E-state index contributed by atoms with van der Waals surface area (Å²) in [6, 6.07) is 11.1. The maximum Gasteiger partial charge on any atom is 0.270 e. The molecule has 4 rings (SSSR count). The third-order valence-electron chi connectivity index (χ3n) is 5.60. The number of nitrogens with one attached hydrogen (secondary N) is 1. The highest BCUT2D eigenvalue weighted by molar-refractivity contribution is 7.21. The molecular formula is C23H21ClN4O5S. The number of fused-ring (bicyclic) bond motifs is 1. The lowest BCUT2D eigenvalue weighted by atomic mass is 10.1. The first-order valence-corrected chi connectivity index (χ1v) is 11.7. The van der Waals surface area contributed by atoms with Crippen molar-refractivity contribution >= 4 is 62.0 Å². The number of nitrogens with zero attached hydrogens (tertiary/aromatic N) is 3. The fourth-order valence-electron chi connectivity index (χ4n) is 3.78. The normalized spacial score (nSPS) is 14.2. The number of halogens is 1. The molecule has 1 aliphatic heterocycles. The minimum Gasteiger partial charge on any atom is -0.335 e.